The van der Waals surface area contributed by atoms with E-state index in [9.17, 15) is 14.9 Å². The van der Waals surface area contributed by atoms with E-state index in [1.807, 2.05) is 22.2 Å². The molecule has 2 heterocycles. The third kappa shape index (κ3) is 3.83. The fourth-order valence-electron chi connectivity index (χ4n) is 2.07. The van der Waals surface area contributed by atoms with Gasteiger partial charge in [0.15, 0.2) is 5.75 Å². The molecule has 0 aliphatic rings. The Bertz CT molecular complexity index is 905. The molecule has 9 heteroatoms. The Morgan fingerprint density at radius 1 is 1.32 bits per heavy atom. The molecule has 0 bridgehead atoms. The van der Waals surface area contributed by atoms with Crippen molar-refractivity contribution in [2.75, 3.05) is 7.11 Å². The van der Waals surface area contributed by atoms with Gasteiger partial charge in [0.1, 0.15) is 11.6 Å². The zero-order valence-corrected chi connectivity index (χ0v) is 14.6. The molecule has 0 amide bonds. The zero-order chi connectivity index (χ0) is 17.8. The molecule has 0 saturated carbocycles. The van der Waals surface area contributed by atoms with Gasteiger partial charge in [-0.25, -0.2) is 9.78 Å². The van der Waals surface area contributed by atoms with Crippen LogP contribution in [0.3, 0.4) is 0 Å². The number of methoxy groups -OCH3 is 1. The molecule has 0 aliphatic carbocycles. The minimum atomic E-state index is -0.644. The van der Waals surface area contributed by atoms with Crippen molar-refractivity contribution >= 4 is 34.3 Å². The van der Waals surface area contributed by atoms with Crippen molar-refractivity contribution in [3.05, 3.63) is 61.8 Å². The number of nitro benzene ring substituents is 1. The van der Waals surface area contributed by atoms with E-state index in [1.54, 1.807) is 11.3 Å². The number of hydrogen-bond donors (Lipinski definition) is 0. The van der Waals surface area contributed by atoms with Gasteiger partial charge >= 0.3 is 11.7 Å². The van der Waals surface area contributed by atoms with Crippen LogP contribution in [-0.2, 0) is 11.3 Å². The van der Waals surface area contributed by atoms with Crippen LogP contribution in [0.25, 0.3) is 10.6 Å². The molecule has 0 atom stereocenters. The van der Waals surface area contributed by atoms with Crippen LogP contribution in [0.4, 0.5) is 5.69 Å². The van der Waals surface area contributed by atoms with Gasteiger partial charge < -0.3 is 9.47 Å². The van der Waals surface area contributed by atoms with E-state index in [-0.39, 0.29) is 23.6 Å². The summed E-state index contributed by atoms with van der Waals surface area (Å²) in [7, 11) is 1.21. The number of thiazole rings is 1. The molecule has 0 saturated heterocycles. The number of aromatic nitrogens is 1. The van der Waals surface area contributed by atoms with Gasteiger partial charge in [0.2, 0.25) is 0 Å². The van der Waals surface area contributed by atoms with Crippen molar-refractivity contribution in [1.82, 2.24) is 4.98 Å². The van der Waals surface area contributed by atoms with Crippen molar-refractivity contribution in [1.29, 1.82) is 0 Å². The summed E-state index contributed by atoms with van der Waals surface area (Å²) < 4.78 is 10.1. The molecular weight excluding hydrogens is 364 g/mol. The third-order valence-corrected chi connectivity index (χ3v) is 4.90. The monoisotopic (exact) mass is 376 g/mol. The number of benzene rings is 1. The molecule has 1 aromatic carbocycles. The highest BCUT2D eigenvalue weighted by Crippen LogP contribution is 2.30. The lowest BCUT2D eigenvalue weighted by atomic mass is 10.2. The summed E-state index contributed by atoms with van der Waals surface area (Å²) in [5, 5.41) is 17.9. The lowest BCUT2D eigenvalue weighted by Gasteiger charge is -2.06. The maximum atomic E-state index is 11.5. The van der Waals surface area contributed by atoms with Gasteiger partial charge in [-0.1, -0.05) is 0 Å². The maximum absolute atomic E-state index is 11.5. The Morgan fingerprint density at radius 2 is 2.16 bits per heavy atom. The fraction of sp³-hybridized carbons (Fsp3) is 0.125. The molecule has 128 valence electrons. The Balaban J connectivity index is 1.76. The summed E-state index contributed by atoms with van der Waals surface area (Å²) in [5.74, 6) is -0.572. The largest absolute Gasteiger partial charge is 0.480 e. The SMILES string of the molecule is COC(=O)c1ccc(OCc2csc(-c3ccsc3)n2)c([N+](=O)[O-])c1. The molecule has 3 aromatic rings. The number of ether oxygens (including phenoxy) is 2. The molecular formula is C16H12N2O5S2. The highest BCUT2D eigenvalue weighted by Gasteiger charge is 2.19. The number of carbonyl (C=O) groups excluding carboxylic acids is 1. The van der Waals surface area contributed by atoms with Crippen molar-refractivity contribution in [2.24, 2.45) is 0 Å². The first-order valence-electron chi connectivity index (χ1n) is 7.05. The molecule has 0 spiro atoms. The van der Waals surface area contributed by atoms with Crippen LogP contribution in [0.15, 0.2) is 40.4 Å². The third-order valence-electron chi connectivity index (χ3n) is 3.27. The smallest absolute Gasteiger partial charge is 0.338 e. The molecule has 0 unspecified atom stereocenters. The van der Waals surface area contributed by atoms with Crippen molar-refractivity contribution < 1.29 is 19.2 Å². The summed E-state index contributed by atoms with van der Waals surface area (Å²) in [6.07, 6.45) is 0. The van der Waals surface area contributed by atoms with Crippen molar-refractivity contribution in [3.63, 3.8) is 0 Å². The molecule has 25 heavy (non-hydrogen) atoms. The molecule has 0 fully saturated rings. The second-order valence-electron chi connectivity index (χ2n) is 4.88. The van der Waals surface area contributed by atoms with Crippen LogP contribution in [-0.4, -0.2) is 23.0 Å². The minimum Gasteiger partial charge on any atom is -0.480 e. The van der Waals surface area contributed by atoms with E-state index in [4.69, 9.17) is 4.74 Å². The van der Waals surface area contributed by atoms with Gasteiger partial charge in [0.25, 0.3) is 0 Å². The number of hydrogen-bond acceptors (Lipinski definition) is 8. The summed E-state index contributed by atoms with van der Waals surface area (Å²) >= 11 is 3.07. The van der Waals surface area contributed by atoms with E-state index in [2.05, 4.69) is 9.72 Å². The minimum absolute atomic E-state index is 0.0720. The predicted molar refractivity (Wildman–Crippen MR) is 94.2 cm³/mol. The molecule has 2 aromatic heterocycles. The van der Waals surface area contributed by atoms with Crippen LogP contribution in [0.2, 0.25) is 0 Å². The normalized spacial score (nSPS) is 10.4. The first-order valence-corrected chi connectivity index (χ1v) is 8.87. The number of thiophene rings is 1. The van der Waals surface area contributed by atoms with Gasteiger partial charge in [-0.3, -0.25) is 10.1 Å². The molecule has 3 rings (SSSR count). The van der Waals surface area contributed by atoms with Gasteiger partial charge in [0.05, 0.1) is 23.3 Å². The van der Waals surface area contributed by atoms with Gasteiger partial charge in [-0.05, 0) is 23.6 Å². The Hall–Kier alpha value is -2.78. The summed E-state index contributed by atoms with van der Waals surface area (Å²) in [5.41, 5.74) is 1.51. The highest BCUT2D eigenvalue weighted by molar-refractivity contribution is 7.14. The maximum Gasteiger partial charge on any atom is 0.338 e. The lowest BCUT2D eigenvalue weighted by Crippen LogP contribution is -2.04. The quantitative estimate of drug-likeness (QED) is 0.365. The van der Waals surface area contributed by atoms with Crippen LogP contribution < -0.4 is 4.74 Å². The topological polar surface area (TPSA) is 91.6 Å². The Kier molecular flexibility index (Phi) is 5.05. The summed E-state index contributed by atoms with van der Waals surface area (Å²) in [6.45, 7) is 0.0963. The lowest BCUT2D eigenvalue weighted by molar-refractivity contribution is -0.386. The average molecular weight is 376 g/mol. The molecule has 0 N–H and O–H groups in total. The van der Waals surface area contributed by atoms with Gasteiger partial charge in [0, 0.05) is 22.4 Å². The van der Waals surface area contributed by atoms with Gasteiger partial charge in [-0.15, -0.1) is 11.3 Å². The number of nitrogens with zero attached hydrogens (tertiary/aromatic N) is 2. The van der Waals surface area contributed by atoms with Gasteiger partial charge in [-0.2, -0.15) is 11.3 Å². The van der Waals surface area contributed by atoms with Crippen LogP contribution in [0.5, 0.6) is 5.75 Å². The van der Waals surface area contributed by atoms with E-state index in [1.165, 1.54) is 30.6 Å². The first-order chi connectivity index (χ1) is 12.1. The highest BCUT2D eigenvalue weighted by atomic mass is 32.1. The number of nitro groups is 1. The van der Waals surface area contributed by atoms with Crippen LogP contribution >= 0.6 is 22.7 Å². The van der Waals surface area contributed by atoms with Crippen LogP contribution in [0.1, 0.15) is 16.1 Å². The molecule has 0 radical (unpaired) electrons. The van der Waals surface area contributed by atoms with E-state index in [0.29, 0.717) is 5.69 Å². The first kappa shape index (κ1) is 17.1. The van der Waals surface area contributed by atoms with E-state index < -0.39 is 10.9 Å². The zero-order valence-electron chi connectivity index (χ0n) is 13.0. The van der Waals surface area contributed by atoms with E-state index in [0.717, 1.165) is 16.6 Å². The summed E-state index contributed by atoms with van der Waals surface area (Å²) in [4.78, 5) is 26.6. The predicted octanol–water partition coefficient (Wildman–Crippen LogP) is 4.15. The number of carbonyl (C=O) groups is 1. The summed E-state index contributed by atoms with van der Waals surface area (Å²) in [6, 6.07) is 5.92. The Labute approximate surface area is 150 Å². The second-order valence-corrected chi connectivity index (χ2v) is 6.51. The van der Waals surface area contributed by atoms with Crippen molar-refractivity contribution in [3.8, 4) is 16.3 Å². The molecule has 7 nitrogen and oxygen atoms in total. The van der Waals surface area contributed by atoms with E-state index >= 15 is 0 Å². The average Bonchev–Trinajstić information content (AvgIpc) is 3.30. The van der Waals surface area contributed by atoms with Crippen molar-refractivity contribution in [2.45, 2.75) is 6.61 Å². The number of esters is 1. The molecule has 0 aliphatic heterocycles. The second kappa shape index (κ2) is 7.41. The number of rotatable bonds is 6. The van der Waals surface area contributed by atoms with Crippen LogP contribution in [0, 0.1) is 10.1 Å². The standard InChI is InChI=1S/C16H12N2O5S2/c1-22-16(19)10-2-3-14(13(6-10)18(20)21)23-7-12-9-25-15(17-12)11-4-5-24-8-11/h2-6,8-9H,7H2,1H3. The fourth-order valence-corrected chi connectivity index (χ4v) is 3.59. The Morgan fingerprint density at radius 3 is 2.84 bits per heavy atom.